The van der Waals surface area contributed by atoms with Gasteiger partial charge in [0.1, 0.15) is 5.82 Å². The predicted molar refractivity (Wildman–Crippen MR) is 80.2 cm³/mol. The van der Waals surface area contributed by atoms with E-state index in [0.717, 1.165) is 12.8 Å². The zero-order valence-corrected chi connectivity index (χ0v) is 12.8. The highest BCUT2D eigenvalue weighted by molar-refractivity contribution is 6.08. The summed E-state index contributed by atoms with van der Waals surface area (Å²) in [5.74, 6) is -2.02. The second-order valence-electron chi connectivity index (χ2n) is 5.87. The fourth-order valence-corrected chi connectivity index (χ4v) is 3.23. The highest BCUT2D eigenvalue weighted by Crippen LogP contribution is 2.38. The van der Waals surface area contributed by atoms with Gasteiger partial charge in [-0.1, -0.05) is 12.1 Å². The Hall–Kier alpha value is -2.21. The van der Waals surface area contributed by atoms with Crippen LogP contribution in [-0.4, -0.2) is 41.0 Å². The summed E-state index contributed by atoms with van der Waals surface area (Å²) in [6.45, 7) is 2.19. The largest absolute Gasteiger partial charge is 0.503 e. The van der Waals surface area contributed by atoms with E-state index in [1.165, 1.54) is 30.0 Å². The average molecular weight is 319 g/mol. The highest BCUT2D eigenvalue weighted by Gasteiger charge is 2.43. The minimum atomic E-state index is -0.778. The van der Waals surface area contributed by atoms with Gasteiger partial charge in [-0.25, -0.2) is 4.39 Å². The first-order chi connectivity index (χ1) is 11.0. The normalized spacial score (nSPS) is 24.6. The fourth-order valence-electron chi connectivity index (χ4n) is 3.23. The van der Waals surface area contributed by atoms with Crippen molar-refractivity contribution in [2.45, 2.75) is 31.9 Å². The third kappa shape index (κ3) is 2.86. The SMILES string of the molecule is CC(=O)C1=C(O)C(=O)N(C[C@H]2CCCO2)[C@H]1c1cccc(F)c1. The number of halogens is 1. The van der Waals surface area contributed by atoms with E-state index in [1.807, 2.05) is 0 Å². The Labute approximate surface area is 133 Å². The molecule has 5 nitrogen and oxygen atoms in total. The molecule has 3 rings (SSSR count). The number of carbonyl (C=O) groups excluding carboxylic acids is 2. The lowest BCUT2D eigenvalue weighted by Gasteiger charge is -2.28. The Balaban J connectivity index is 2.00. The number of Topliss-reactive ketones (excluding diaryl/α,β-unsaturated/α-hetero) is 1. The van der Waals surface area contributed by atoms with E-state index in [4.69, 9.17) is 4.74 Å². The van der Waals surface area contributed by atoms with Crippen molar-refractivity contribution in [3.63, 3.8) is 0 Å². The molecule has 122 valence electrons. The molecule has 0 aliphatic carbocycles. The van der Waals surface area contributed by atoms with Gasteiger partial charge in [0.05, 0.1) is 17.7 Å². The smallest absolute Gasteiger partial charge is 0.290 e. The molecule has 2 aliphatic heterocycles. The van der Waals surface area contributed by atoms with E-state index >= 15 is 0 Å². The summed E-state index contributed by atoms with van der Waals surface area (Å²) in [6.07, 6.45) is 1.60. The lowest BCUT2D eigenvalue weighted by Crippen LogP contribution is -2.37. The van der Waals surface area contributed by atoms with Crippen molar-refractivity contribution in [1.82, 2.24) is 4.90 Å². The van der Waals surface area contributed by atoms with E-state index in [1.54, 1.807) is 6.07 Å². The van der Waals surface area contributed by atoms with Crippen LogP contribution >= 0.6 is 0 Å². The number of hydrogen-bond donors (Lipinski definition) is 1. The molecule has 0 saturated carbocycles. The maximum atomic E-state index is 13.6. The first kappa shape index (κ1) is 15.7. The predicted octanol–water partition coefficient (Wildman–Crippen LogP) is 2.29. The second kappa shape index (κ2) is 6.12. The van der Waals surface area contributed by atoms with Crippen molar-refractivity contribution in [3.8, 4) is 0 Å². The summed E-state index contributed by atoms with van der Waals surface area (Å²) in [7, 11) is 0. The van der Waals surface area contributed by atoms with Gasteiger partial charge in [-0.15, -0.1) is 0 Å². The first-order valence-electron chi connectivity index (χ1n) is 7.61. The highest BCUT2D eigenvalue weighted by atomic mass is 19.1. The van der Waals surface area contributed by atoms with Gasteiger partial charge in [0.15, 0.2) is 11.5 Å². The average Bonchev–Trinajstić information content (AvgIpc) is 3.09. The van der Waals surface area contributed by atoms with E-state index in [0.29, 0.717) is 12.2 Å². The summed E-state index contributed by atoms with van der Waals surface area (Å²) in [4.78, 5) is 25.7. The molecule has 6 heteroatoms. The van der Waals surface area contributed by atoms with Crippen LogP contribution in [0, 0.1) is 5.82 Å². The third-order valence-corrected chi connectivity index (χ3v) is 4.27. The fraction of sp³-hybridized carbons (Fsp3) is 0.412. The van der Waals surface area contributed by atoms with E-state index < -0.39 is 29.3 Å². The molecule has 23 heavy (non-hydrogen) atoms. The topological polar surface area (TPSA) is 66.8 Å². The maximum absolute atomic E-state index is 13.6. The van der Waals surface area contributed by atoms with E-state index in [-0.39, 0.29) is 18.2 Å². The molecule has 1 N–H and O–H groups in total. The number of aliphatic hydroxyl groups is 1. The lowest BCUT2D eigenvalue weighted by molar-refractivity contribution is -0.131. The monoisotopic (exact) mass is 319 g/mol. The Kier molecular flexibility index (Phi) is 4.17. The number of rotatable bonds is 4. The van der Waals surface area contributed by atoms with Crippen LogP contribution in [0.3, 0.4) is 0 Å². The zero-order chi connectivity index (χ0) is 16.6. The van der Waals surface area contributed by atoms with Gasteiger partial charge in [-0.3, -0.25) is 9.59 Å². The number of amides is 1. The summed E-state index contributed by atoms with van der Waals surface area (Å²) in [5, 5.41) is 10.1. The lowest BCUT2D eigenvalue weighted by atomic mass is 9.96. The third-order valence-electron chi connectivity index (χ3n) is 4.27. The number of benzene rings is 1. The molecule has 1 fully saturated rings. The molecule has 1 amide bonds. The van der Waals surface area contributed by atoms with Crippen LogP contribution in [0.4, 0.5) is 4.39 Å². The summed E-state index contributed by atoms with van der Waals surface area (Å²) >= 11 is 0. The molecule has 2 atom stereocenters. The van der Waals surface area contributed by atoms with Crippen molar-refractivity contribution >= 4 is 11.7 Å². The molecule has 0 spiro atoms. The Morgan fingerprint density at radius 2 is 2.26 bits per heavy atom. The van der Waals surface area contributed by atoms with Crippen LogP contribution in [-0.2, 0) is 14.3 Å². The molecule has 0 unspecified atom stereocenters. The number of hydrogen-bond acceptors (Lipinski definition) is 4. The molecule has 2 aliphatic rings. The molecule has 1 saturated heterocycles. The van der Waals surface area contributed by atoms with Gasteiger partial charge >= 0.3 is 0 Å². The summed E-state index contributed by atoms with van der Waals surface area (Å²) in [5.41, 5.74) is 0.476. The van der Waals surface area contributed by atoms with Gasteiger partial charge in [-0.05, 0) is 37.5 Å². The van der Waals surface area contributed by atoms with Crippen LogP contribution in [0.5, 0.6) is 0 Å². The molecular formula is C17H18FNO4. The summed E-state index contributed by atoms with van der Waals surface area (Å²) < 4.78 is 19.1. The quantitative estimate of drug-likeness (QED) is 0.924. The maximum Gasteiger partial charge on any atom is 0.290 e. The molecular weight excluding hydrogens is 301 g/mol. The molecule has 0 aromatic heterocycles. The molecule has 1 aromatic carbocycles. The van der Waals surface area contributed by atoms with E-state index in [9.17, 15) is 19.1 Å². The number of carbonyl (C=O) groups is 2. The number of ketones is 1. The van der Waals surface area contributed by atoms with Gasteiger partial charge in [0.2, 0.25) is 0 Å². The molecule has 0 radical (unpaired) electrons. The van der Waals surface area contributed by atoms with Crippen LogP contribution in [0.2, 0.25) is 0 Å². The molecule has 0 bridgehead atoms. The van der Waals surface area contributed by atoms with Gasteiger partial charge in [0, 0.05) is 13.2 Å². The van der Waals surface area contributed by atoms with Gasteiger partial charge in [-0.2, -0.15) is 0 Å². The molecule has 2 heterocycles. The Bertz CT molecular complexity index is 679. The Morgan fingerprint density at radius 3 is 2.87 bits per heavy atom. The van der Waals surface area contributed by atoms with E-state index in [2.05, 4.69) is 0 Å². The van der Waals surface area contributed by atoms with Crippen molar-refractivity contribution < 1.29 is 23.8 Å². The van der Waals surface area contributed by atoms with Crippen molar-refractivity contribution in [2.75, 3.05) is 13.2 Å². The van der Waals surface area contributed by atoms with Crippen LogP contribution < -0.4 is 0 Å². The summed E-state index contributed by atoms with van der Waals surface area (Å²) in [6, 6.07) is 4.96. The number of aliphatic hydroxyl groups excluding tert-OH is 1. The standard InChI is InChI=1S/C17H18FNO4/c1-10(20)14-15(11-4-2-5-12(18)8-11)19(17(22)16(14)21)9-13-6-3-7-23-13/h2,4-5,8,13,15,21H,3,6-7,9H2,1H3/t13-,15+/m1/s1. The number of ether oxygens (including phenoxy) is 1. The van der Waals surface area contributed by atoms with Crippen LogP contribution in [0.1, 0.15) is 31.4 Å². The van der Waals surface area contributed by atoms with Crippen molar-refractivity contribution in [1.29, 1.82) is 0 Å². The minimum Gasteiger partial charge on any atom is -0.503 e. The second-order valence-corrected chi connectivity index (χ2v) is 5.87. The van der Waals surface area contributed by atoms with Crippen molar-refractivity contribution in [3.05, 3.63) is 47.0 Å². The molecule has 1 aromatic rings. The van der Waals surface area contributed by atoms with Crippen LogP contribution in [0.25, 0.3) is 0 Å². The van der Waals surface area contributed by atoms with Gasteiger partial charge in [0.25, 0.3) is 5.91 Å². The van der Waals surface area contributed by atoms with Crippen LogP contribution in [0.15, 0.2) is 35.6 Å². The Morgan fingerprint density at radius 1 is 1.48 bits per heavy atom. The number of nitrogens with zero attached hydrogens (tertiary/aromatic N) is 1. The first-order valence-corrected chi connectivity index (χ1v) is 7.61. The van der Waals surface area contributed by atoms with Gasteiger partial charge < -0.3 is 14.7 Å². The minimum absolute atomic E-state index is 0.0126. The van der Waals surface area contributed by atoms with Crippen molar-refractivity contribution in [2.24, 2.45) is 0 Å². The zero-order valence-electron chi connectivity index (χ0n) is 12.8.